The Kier molecular flexibility index (Phi) is 3.21. The molecule has 0 radical (unpaired) electrons. The number of hydrogen-bond donors (Lipinski definition) is 1. The van der Waals surface area contributed by atoms with Gasteiger partial charge in [-0.15, -0.1) is 12.6 Å². The molecule has 0 atom stereocenters. The molecule has 0 saturated heterocycles. The van der Waals surface area contributed by atoms with Crippen LogP contribution >= 0.6 is 12.6 Å². The van der Waals surface area contributed by atoms with Crippen molar-refractivity contribution in [1.82, 2.24) is 0 Å². The Morgan fingerprint density at radius 3 is 2.46 bits per heavy atom. The van der Waals surface area contributed by atoms with Crippen molar-refractivity contribution in [3.8, 4) is 0 Å². The second kappa shape index (κ2) is 4.01. The van der Waals surface area contributed by atoms with Crippen molar-refractivity contribution in [2.75, 3.05) is 0 Å². The summed E-state index contributed by atoms with van der Waals surface area (Å²) in [4.78, 5) is 1.06. The Balaban J connectivity index is 3.30. The van der Waals surface area contributed by atoms with Crippen LogP contribution in [0.2, 0.25) is 0 Å². The molecule has 0 heterocycles. The monoisotopic (exact) mass is 192 g/mol. The summed E-state index contributed by atoms with van der Waals surface area (Å²) < 4.78 is 0. The van der Waals surface area contributed by atoms with E-state index in [-0.39, 0.29) is 0 Å². The summed E-state index contributed by atoms with van der Waals surface area (Å²) >= 11 is 4.44. The minimum Gasteiger partial charge on any atom is -0.143 e. The topological polar surface area (TPSA) is 0 Å². The van der Waals surface area contributed by atoms with E-state index >= 15 is 0 Å². The van der Waals surface area contributed by atoms with Crippen LogP contribution in [0.1, 0.15) is 36.5 Å². The van der Waals surface area contributed by atoms with Crippen molar-refractivity contribution in [3.63, 3.8) is 0 Å². The van der Waals surface area contributed by atoms with E-state index < -0.39 is 0 Å². The predicted octanol–water partition coefficient (Wildman–Crippen LogP) is 4.05. The summed E-state index contributed by atoms with van der Waals surface area (Å²) in [5.41, 5.74) is 3.73. The summed E-state index contributed by atoms with van der Waals surface area (Å²) in [5.74, 6) is 0.546. The lowest BCUT2D eigenvalue weighted by atomic mass is 9.98. The van der Waals surface area contributed by atoms with Crippen LogP contribution in [-0.4, -0.2) is 0 Å². The molecule has 0 aromatic heterocycles. The minimum atomic E-state index is 0.546. The fourth-order valence-electron chi connectivity index (χ4n) is 1.29. The Morgan fingerprint density at radius 2 is 2.00 bits per heavy atom. The maximum Gasteiger partial charge on any atom is 0.00780 e. The van der Waals surface area contributed by atoms with Crippen molar-refractivity contribution in [2.45, 2.75) is 31.6 Å². The molecule has 13 heavy (non-hydrogen) atoms. The van der Waals surface area contributed by atoms with Crippen LogP contribution in [0.4, 0.5) is 0 Å². The first-order chi connectivity index (χ1) is 6.06. The maximum absolute atomic E-state index is 4.44. The van der Waals surface area contributed by atoms with E-state index in [1.54, 1.807) is 0 Å². The Hall–Kier alpha value is -0.690. The lowest BCUT2D eigenvalue weighted by Gasteiger charge is -2.11. The Bertz CT molecular complexity index is 324. The van der Waals surface area contributed by atoms with Gasteiger partial charge in [0.15, 0.2) is 0 Å². The minimum absolute atomic E-state index is 0.546. The zero-order chi connectivity index (χ0) is 10.0. The first kappa shape index (κ1) is 10.4. The van der Waals surface area contributed by atoms with Crippen LogP contribution in [0.25, 0.3) is 6.08 Å². The van der Waals surface area contributed by atoms with Gasteiger partial charge in [-0.3, -0.25) is 0 Å². The molecule has 70 valence electrons. The largest absolute Gasteiger partial charge is 0.143 e. The second-order valence-corrected chi connectivity index (χ2v) is 4.09. The molecule has 0 amide bonds. The summed E-state index contributed by atoms with van der Waals surface area (Å²) in [6.45, 7) is 10.2. The lowest BCUT2D eigenvalue weighted by Crippen LogP contribution is -1.91. The molecule has 0 aliphatic carbocycles. The smallest absolute Gasteiger partial charge is 0.00780 e. The van der Waals surface area contributed by atoms with Gasteiger partial charge in [-0.2, -0.15) is 0 Å². The van der Waals surface area contributed by atoms with Gasteiger partial charge >= 0.3 is 0 Å². The van der Waals surface area contributed by atoms with Gasteiger partial charge in [0.1, 0.15) is 0 Å². The van der Waals surface area contributed by atoms with E-state index in [0.717, 1.165) is 4.90 Å². The SMILES string of the molecule is C=Cc1cc(C(C)C)cc(S)c1C. The highest BCUT2D eigenvalue weighted by Gasteiger charge is 2.04. The van der Waals surface area contributed by atoms with Crippen molar-refractivity contribution < 1.29 is 0 Å². The van der Waals surface area contributed by atoms with Gasteiger partial charge in [-0.1, -0.05) is 32.6 Å². The summed E-state index contributed by atoms with van der Waals surface area (Å²) in [6.07, 6.45) is 1.89. The summed E-state index contributed by atoms with van der Waals surface area (Å²) in [5, 5.41) is 0. The van der Waals surface area contributed by atoms with Crippen LogP contribution in [0.3, 0.4) is 0 Å². The van der Waals surface area contributed by atoms with Gasteiger partial charge in [0.25, 0.3) is 0 Å². The average molecular weight is 192 g/mol. The quantitative estimate of drug-likeness (QED) is 0.671. The van der Waals surface area contributed by atoms with Crippen LogP contribution in [-0.2, 0) is 0 Å². The molecular weight excluding hydrogens is 176 g/mol. The van der Waals surface area contributed by atoms with Gasteiger partial charge < -0.3 is 0 Å². The van der Waals surface area contributed by atoms with Crippen LogP contribution < -0.4 is 0 Å². The van der Waals surface area contributed by atoms with Gasteiger partial charge in [0, 0.05) is 4.90 Å². The van der Waals surface area contributed by atoms with Crippen LogP contribution in [0.15, 0.2) is 23.6 Å². The Morgan fingerprint density at radius 1 is 1.38 bits per heavy atom. The third-order valence-corrected chi connectivity index (χ3v) is 2.79. The lowest BCUT2D eigenvalue weighted by molar-refractivity contribution is 0.860. The molecular formula is C12H16S. The van der Waals surface area contributed by atoms with E-state index in [0.29, 0.717) is 5.92 Å². The molecule has 0 bridgehead atoms. The molecule has 1 heteroatoms. The van der Waals surface area contributed by atoms with Gasteiger partial charge in [-0.05, 0) is 35.6 Å². The molecule has 0 saturated carbocycles. The highest BCUT2D eigenvalue weighted by molar-refractivity contribution is 7.80. The first-order valence-electron chi connectivity index (χ1n) is 4.52. The fourth-order valence-corrected chi connectivity index (χ4v) is 1.57. The molecule has 1 aromatic carbocycles. The maximum atomic E-state index is 4.44. The number of thiol groups is 1. The fraction of sp³-hybridized carbons (Fsp3) is 0.333. The van der Waals surface area contributed by atoms with E-state index in [1.165, 1.54) is 16.7 Å². The summed E-state index contributed by atoms with van der Waals surface area (Å²) in [6, 6.07) is 4.32. The van der Waals surface area contributed by atoms with E-state index in [9.17, 15) is 0 Å². The van der Waals surface area contributed by atoms with Gasteiger partial charge in [-0.25, -0.2) is 0 Å². The highest BCUT2D eigenvalue weighted by Crippen LogP contribution is 2.25. The highest BCUT2D eigenvalue weighted by atomic mass is 32.1. The molecule has 0 unspecified atom stereocenters. The van der Waals surface area contributed by atoms with Crippen LogP contribution in [0, 0.1) is 6.92 Å². The third kappa shape index (κ3) is 2.16. The molecule has 1 aromatic rings. The normalized spacial score (nSPS) is 10.5. The van der Waals surface area contributed by atoms with Gasteiger partial charge in [0.05, 0.1) is 0 Å². The average Bonchev–Trinajstić information content (AvgIpc) is 2.09. The predicted molar refractivity (Wildman–Crippen MR) is 62.6 cm³/mol. The summed E-state index contributed by atoms with van der Waals surface area (Å²) in [7, 11) is 0. The Labute approximate surface area is 86.1 Å². The van der Waals surface area contributed by atoms with Crippen molar-refractivity contribution in [1.29, 1.82) is 0 Å². The van der Waals surface area contributed by atoms with E-state index in [1.807, 2.05) is 6.08 Å². The third-order valence-electron chi connectivity index (χ3n) is 2.33. The second-order valence-electron chi connectivity index (χ2n) is 3.61. The molecule has 1 rings (SSSR count). The first-order valence-corrected chi connectivity index (χ1v) is 4.97. The molecule has 0 fully saturated rings. The zero-order valence-electron chi connectivity index (χ0n) is 8.46. The number of hydrogen-bond acceptors (Lipinski definition) is 1. The van der Waals surface area contributed by atoms with Crippen molar-refractivity contribution in [3.05, 3.63) is 35.4 Å². The number of benzene rings is 1. The molecule has 0 aliphatic rings. The van der Waals surface area contributed by atoms with E-state index in [2.05, 4.69) is 52.1 Å². The van der Waals surface area contributed by atoms with E-state index in [4.69, 9.17) is 0 Å². The molecule has 0 spiro atoms. The molecule has 0 nitrogen and oxygen atoms in total. The molecule has 0 aliphatic heterocycles. The standard InChI is InChI=1S/C12H16S/c1-5-10-6-11(8(2)3)7-12(13)9(10)4/h5-8,13H,1H2,2-4H3. The van der Waals surface area contributed by atoms with Crippen molar-refractivity contribution in [2.24, 2.45) is 0 Å². The molecule has 0 N–H and O–H groups in total. The van der Waals surface area contributed by atoms with Crippen LogP contribution in [0.5, 0.6) is 0 Å². The zero-order valence-corrected chi connectivity index (χ0v) is 9.36. The number of rotatable bonds is 2. The van der Waals surface area contributed by atoms with Crippen molar-refractivity contribution >= 4 is 18.7 Å². The van der Waals surface area contributed by atoms with Gasteiger partial charge in [0.2, 0.25) is 0 Å².